The van der Waals surface area contributed by atoms with Gasteiger partial charge in [-0.2, -0.15) is 0 Å². The minimum Gasteiger partial charge on any atom is -0.290 e. The molecule has 100 valence electrons. The Labute approximate surface area is 108 Å². The summed E-state index contributed by atoms with van der Waals surface area (Å²) in [6, 6.07) is 0.397. The summed E-state index contributed by atoms with van der Waals surface area (Å²) in [7, 11) is 0. The van der Waals surface area contributed by atoms with Gasteiger partial charge in [0, 0.05) is 0 Å². The Morgan fingerprint density at radius 1 is 1.06 bits per heavy atom. The fraction of sp³-hybridized carbons (Fsp3) is 0.812. The number of rotatable bonds is 10. The molecule has 1 nitrogen and oxygen atoms in total. The molecule has 0 aromatic rings. The van der Waals surface area contributed by atoms with Gasteiger partial charge >= 0.3 is 0 Å². The highest BCUT2D eigenvalue weighted by atomic mass is 14.7. The summed E-state index contributed by atoms with van der Waals surface area (Å²) in [5.41, 5.74) is 0. The van der Waals surface area contributed by atoms with Gasteiger partial charge < -0.3 is 0 Å². The van der Waals surface area contributed by atoms with Crippen LogP contribution in [0.2, 0.25) is 0 Å². The highest BCUT2D eigenvalue weighted by molar-refractivity contribution is 5.58. The summed E-state index contributed by atoms with van der Waals surface area (Å²) in [5.74, 6) is 0.854. The molecule has 0 aromatic carbocycles. The second-order valence-corrected chi connectivity index (χ2v) is 4.87. The lowest BCUT2D eigenvalue weighted by molar-refractivity contribution is 0.445. The van der Waals surface area contributed by atoms with Crippen LogP contribution in [0, 0.1) is 5.92 Å². The summed E-state index contributed by atoms with van der Waals surface area (Å²) >= 11 is 0. The van der Waals surface area contributed by atoms with Crippen molar-refractivity contribution in [1.29, 1.82) is 0 Å². The van der Waals surface area contributed by atoms with E-state index in [-0.39, 0.29) is 0 Å². The van der Waals surface area contributed by atoms with E-state index in [1.54, 1.807) is 0 Å². The second-order valence-electron chi connectivity index (χ2n) is 4.87. The summed E-state index contributed by atoms with van der Waals surface area (Å²) in [5, 5.41) is 0. The standard InChI is InChI=1S/C16H31N/c1-5-9-12-15(10-6-2)13-14-17-16(8-4)11-7-3/h7,11,14-16H,5-6,8-10,12-13H2,1-4H3. The maximum Gasteiger partial charge on any atom is 0.0673 e. The number of unbranched alkanes of at least 4 members (excludes halogenated alkanes) is 1. The average molecular weight is 237 g/mol. The van der Waals surface area contributed by atoms with Gasteiger partial charge in [-0.15, -0.1) is 0 Å². The van der Waals surface area contributed by atoms with Gasteiger partial charge in [-0.1, -0.05) is 65.0 Å². The van der Waals surface area contributed by atoms with Crippen LogP contribution in [0.3, 0.4) is 0 Å². The fourth-order valence-electron chi connectivity index (χ4n) is 2.14. The molecule has 2 unspecified atom stereocenters. The third kappa shape index (κ3) is 9.14. The molecule has 0 bridgehead atoms. The van der Waals surface area contributed by atoms with Crippen molar-refractivity contribution in [2.75, 3.05) is 0 Å². The summed E-state index contributed by atoms with van der Waals surface area (Å²) in [6.45, 7) is 8.82. The topological polar surface area (TPSA) is 12.4 Å². The van der Waals surface area contributed by atoms with Crippen LogP contribution < -0.4 is 0 Å². The number of allylic oxidation sites excluding steroid dienone is 1. The third-order valence-corrected chi connectivity index (χ3v) is 3.23. The van der Waals surface area contributed by atoms with Crippen molar-refractivity contribution in [3.63, 3.8) is 0 Å². The zero-order valence-corrected chi connectivity index (χ0v) is 12.3. The number of hydrogen-bond donors (Lipinski definition) is 0. The van der Waals surface area contributed by atoms with Gasteiger partial charge in [-0.3, -0.25) is 4.99 Å². The molecule has 1 heteroatoms. The Hall–Kier alpha value is -0.590. The SMILES string of the molecule is CC=CC(CC)N=CCC(CCC)CCCC. The second kappa shape index (κ2) is 11.9. The highest BCUT2D eigenvalue weighted by Crippen LogP contribution is 2.17. The lowest BCUT2D eigenvalue weighted by Gasteiger charge is -2.13. The first-order valence-corrected chi connectivity index (χ1v) is 7.42. The maximum atomic E-state index is 4.65. The van der Waals surface area contributed by atoms with Crippen LogP contribution in [0.25, 0.3) is 0 Å². The first-order chi connectivity index (χ1) is 8.28. The molecular formula is C16H31N. The molecule has 2 atom stereocenters. The molecule has 0 heterocycles. The van der Waals surface area contributed by atoms with Crippen LogP contribution in [0.15, 0.2) is 17.1 Å². The van der Waals surface area contributed by atoms with E-state index in [4.69, 9.17) is 0 Å². The minimum absolute atomic E-state index is 0.397. The highest BCUT2D eigenvalue weighted by Gasteiger charge is 2.05. The van der Waals surface area contributed by atoms with Gasteiger partial charge in [0.05, 0.1) is 6.04 Å². The lowest BCUT2D eigenvalue weighted by Crippen LogP contribution is -2.03. The van der Waals surface area contributed by atoms with Gasteiger partial charge in [0.25, 0.3) is 0 Å². The molecule has 0 saturated heterocycles. The molecule has 0 aliphatic rings. The number of aliphatic imine (C=N–C) groups is 1. The van der Waals surface area contributed by atoms with E-state index < -0.39 is 0 Å². The van der Waals surface area contributed by atoms with Gasteiger partial charge in [-0.05, 0) is 31.9 Å². The molecule has 0 amide bonds. The number of nitrogens with zero attached hydrogens (tertiary/aromatic N) is 1. The first-order valence-electron chi connectivity index (χ1n) is 7.42. The molecule has 0 saturated carbocycles. The molecule has 0 aliphatic heterocycles. The van der Waals surface area contributed by atoms with E-state index in [1.807, 2.05) is 0 Å². The van der Waals surface area contributed by atoms with Crippen molar-refractivity contribution >= 4 is 6.21 Å². The van der Waals surface area contributed by atoms with E-state index in [9.17, 15) is 0 Å². The van der Waals surface area contributed by atoms with Crippen molar-refractivity contribution in [3.8, 4) is 0 Å². The number of hydrogen-bond acceptors (Lipinski definition) is 1. The van der Waals surface area contributed by atoms with E-state index in [0.29, 0.717) is 6.04 Å². The van der Waals surface area contributed by atoms with Gasteiger partial charge in [0.2, 0.25) is 0 Å². The quantitative estimate of drug-likeness (QED) is 0.356. The van der Waals surface area contributed by atoms with E-state index >= 15 is 0 Å². The van der Waals surface area contributed by atoms with Crippen LogP contribution in [-0.2, 0) is 0 Å². The fourth-order valence-corrected chi connectivity index (χ4v) is 2.14. The average Bonchev–Trinajstić information content (AvgIpc) is 2.34. The van der Waals surface area contributed by atoms with Crippen LogP contribution in [0.4, 0.5) is 0 Å². The Morgan fingerprint density at radius 3 is 2.35 bits per heavy atom. The molecule has 0 radical (unpaired) electrons. The molecule has 0 aliphatic carbocycles. The van der Waals surface area contributed by atoms with Crippen molar-refractivity contribution in [1.82, 2.24) is 0 Å². The Kier molecular flexibility index (Phi) is 11.5. The van der Waals surface area contributed by atoms with Gasteiger partial charge in [0.15, 0.2) is 0 Å². The smallest absolute Gasteiger partial charge is 0.0673 e. The van der Waals surface area contributed by atoms with E-state index in [0.717, 1.165) is 12.3 Å². The zero-order valence-electron chi connectivity index (χ0n) is 12.3. The van der Waals surface area contributed by atoms with Crippen LogP contribution in [0.1, 0.15) is 72.6 Å². The van der Waals surface area contributed by atoms with Gasteiger partial charge in [0.1, 0.15) is 0 Å². The maximum absolute atomic E-state index is 4.65. The third-order valence-electron chi connectivity index (χ3n) is 3.23. The lowest BCUT2D eigenvalue weighted by atomic mass is 9.94. The van der Waals surface area contributed by atoms with Crippen LogP contribution in [-0.4, -0.2) is 12.3 Å². The summed E-state index contributed by atoms with van der Waals surface area (Å²) < 4.78 is 0. The van der Waals surface area contributed by atoms with Gasteiger partial charge in [-0.25, -0.2) is 0 Å². The molecule has 0 rings (SSSR count). The van der Waals surface area contributed by atoms with Crippen LogP contribution >= 0.6 is 0 Å². The van der Waals surface area contributed by atoms with E-state index in [2.05, 4.69) is 51.1 Å². The minimum atomic E-state index is 0.397. The van der Waals surface area contributed by atoms with E-state index in [1.165, 1.54) is 38.5 Å². The summed E-state index contributed by atoms with van der Waals surface area (Å²) in [6.07, 6.45) is 15.4. The predicted molar refractivity (Wildman–Crippen MR) is 79.9 cm³/mol. The Bertz CT molecular complexity index is 206. The largest absolute Gasteiger partial charge is 0.290 e. The molecule has 0 aromatic heterocycles. The normalized spacial score (nSPS) is 15.8. The monoisotopic (exact) mass is 237 g/mol. The molecule has 0 spiro atoms. The molecule has 0 fully saturated rings. The Morgan fingerprint density at radius 2 is 1.82 bits per heavy atom. The zero-order chi connectivity index (χ0) is 12.9. The van der Waals surface area contributed by atoms with Crippen LogP contribution in [0.5, 0.6) is 0 Å². The van der Waals surface area contributed by atoms with Crippen molar-refractivity contribution < 1.29 is 0 Å². The molecule has 0 N–H and O–H groups in total. The van der Waals surface area contributed by atoms with Crippen molar-refractivity contribution in [2.24, 2.45) is 10.9 Å². The first kappa shape index (κ1) is 16.4. The summed E-state index contributed by atoms with van der Waals surface area (Å²) in [4.78, 5) is 4.65. The molecular weight excluding hydrogens is 206 g/mol. The van der Waals surface area contributed by atoms with Crippen molar-refractivity contribution in [3.05, 3.63) is 12.2 Å². The van der Waals surface area contributed by atoms with Crippen molar-refractivity contribution in [2.45, 2.75) is 78.7 Å². The predicted octanol–water partition coefficient (Wildman–Crippen LogP) is 5.41. The molecule has 17 heavy (non-hydrogen) atoms. The Balaban J connectivity index is 4.03.